The predicted molar refractivity (Wildman–Crippen MR) is 69.8 cm³/mol. The van der Waals surface area contributed by atoms with Gasteiger partial charge in [-0.05, 0) is 46.7 Å². The Hall–Kier alpha value is -0.550. The highest BCUT2D eigenvalue weighted by Gasteiger charge is 2.16. The lowest BCUT2D eigenvalue weighted by molar-refractivity contribution is 0.0938. The summed E-state index contributed by atoms with van der Waals surface area (Å²) in [5.74, 6) is 2.22. The van der Waals surface area contributed by atoms with Crippen LogP contribution in [0.4, 0.5) is 0 Å². The molecule has 0 aromatic carbocycles. The minimum absolute atomic E-state index is 0.0208. The highest BCUT2D eigenvalue weighted by atomic mass is 79.9. The van der Waals surface area contributed by atoms with Crippen molar-refractivity contribution in [1.29, 1.82) is 0 Å². The number of thioether (sulfide) groups is 1. The molecule has 2 heterocycles. The number of nitrogens with one attached hydrogen (secondary N) is 1. The van der Waals surface area contributed by atoms with Crippen molar-refractivity contribution in [3.8, 4) is 0 Å². The van der Waals surface area contributed by atoms with Crippen molar-refractivity contribution in [2.75, 3.05) is 11.5 Å². The summed E-state index contributed by atoms with van der Waals surface area (Å²) in [4.78, 5) is 15.9. The molecule has 1 amide bonds. The molecule has 0 spiro atoms. The van der Waals surface area contributed by atoms with Gasteiger partial charge in [-0.25, -0.2) is 4.98 Å². The molecule has 1 aromatic rings. The third-order valence-corrected chi connectivity index (χ3v) is 4.17. The normalized spacial score (nSPS) is 20.4. The van der Waals surface area contributed by atoms with Crippen LogP contribution < -0.4 is 5.32 Å². The van der Waals surface area contributed by atoms with Gasteiger partial charge in [-0.1, -0.05) is 0 Å². The first-order valence-corrected chi connectivity index (χ1v) is 7.20. The fraction of sp³-hybridized carbons (Fsp3) is 0.455. The third-order valence-electron chi connectivity index (χ3n) is 2.49. The summed E-state index contributed by atoms with van der Waals surface area (Å²) in [6.45, 7) is 0. The van der Waals surface area contributed by atoms with Gasteiger partial charge in [0.15, 0.2) is 0 Å². The summed E-state index contributed by atoms with van der Waals surface area (Å²) in [5, 5.41) is 3.04. The van der Waals surface area contributed by atoms with Gasteiger partial charge in [0, 0.05) is 18.0 Å². The van der Waals surface area contributed by atoms with Crippen LogP contribution in [0.5, 0.6) is 0 Å². The number of carbonyl (C=O) groups excluding carboxylic acids is 1. The van der Waals surface area contributed by atoms with E-state index in [0.29, 0.717) is 11.6 Å². The van der Waals surface area contributed by atoms with Gasteiger partial charge in [0.25, 0.3) is 5.91 Å². The molecule has 1 N–H and O–H groups in total. The lowest BCUT2D eigenvalue weighted by atomic mass is 10.1. The second-order valence-electron chi connectivity index (χ2n) is 3.76. The Morgan fingerprint density at radius 3 is 3.06 bits per heavy atom. The fourth-order valence-corrected chi connectivity index (χ4v) is 2.94. The SMILES string of the molecule is O=C(NC1CCCSC1)c1ccc(Br)nc1. The number of hydrogen-bond donors (Lipinski definition) is 1. The molecule has 1 saturated heterocycles. The summed E-state index contributed by atoms with van der Waals surface area (Å²) in [5.41, 5.74) is 0.624. The standard InChI is InChI=1S/C11H13BrN2OS/c12-10-4-3-8(6-13-10)11(15)14-9-2-1-5-16-7-9/h3-4,6,9H,1-2,5,7H2,(H,14,15). The van der Waals surface area contributed by atoms with E-state index in [1.165, 1.54) is 12.2 Å². The van der Waals surface area contributed by atoms with Crippen LogP contribution in [0.15, 0.2) is 22.9 Å². The molecule has 1 unspecified atom stereocenters. The summed E-state index contributed by atoms with van der Waals surface area (Å²) < 4.78 is 0.747. The zero-order valence-electron chi connectivity index (χ0n) is 8.78. The van der Waals surface area contributed by atoms with Crippen LogP contribution in [0.1, 0.15) is 23.2 Å². The molecule has 16 heavy (non-hydrogen) atoms. The molecule has 1 aliphatic heterocycles. The van der Waals surface area contributed by atoms with Gasteiger partial charge >= 0.3 is 0 Å². The number of halogens is 1. The number of aromatic nitrogens is 1. The first-order valence-electron chi connectivity index (χ1n) is 5.26. The quantitative estimate of drug-likeness (QED) is 0.853. The molecule has 1 aromatic heterocycles. The molecule has 1 atom stereocenters. The van der Waals surface area contributed by atoms with E-state index in [-0.39, 0.29) is 5.91 Å². The van der Waals surface area contributed by atoms with Crippen molar-refractivity contribution in [3.05, 3.63) is 28.5 Å². The highest BCUT2D eigenvalue weighted by Crippen LogP contribution is 2.17. The van der Waals surface area contributed by atoms with E-state index in [4.69, 9.17) is 0 Å². The van der Waals surface area contributed by atoms with E-state index in [1.54, 1.807) is 18.3 Å². The van der Waals surface area contributed by atoms with Gasteiger partial charge in [-0.2, -0.15) is 11.8 Å². The minimum atomic E-state index is -0.0208. The van der Waals surface area contributed by atoms with Crippen molar-refractivity contribution >= 4 is 33.6 Å². The lowest BCUT2D eigenvalue weighted by Gasteiger charge is -2.22. The molecule has 0 saturated carbocycles. The molecule has 86 valence electrons. The monoisotopic (exact) mass is 300 g/mol. The van der Waals surface area contributed by atoms with Crippen LogP contribution in [0, 0.1) is 0 Å². The van der Waals surface area contributed by atoms with Gasteiger partial charge in [-0.3, -0.25) is 4.79 Å². The van der Waals surface area contributed by atoms with Crippen molar-refractivity contribution in [2.24, 2.45) is 0 Å². The fourth-order valence-electron chi connectivity index (χ4n) is 1.63. The number of rotatable bonds is 2. The Morgan fingerprint density at radius 2 is 2.44 bits per heavy atom. The molecular weight excluding hydrogens is 288 g/mol. The molecular formula is C11H13BrN2OS. The van der Waals surface area contributed by atoms with Crippen LogP contribution in [0.3, 0.4) is 0 Å². The molecule has 1 aliphatic rings. The summed E-state index contributed by atoms with van der Waals surface area (Å²) in [7, 11) is 0. The Morgan fingerprint density at radius 1 is 1.56 bits per heavy atom. The number of amides is 1. The second kappa shape index (κ2) is 5.68. The van der Waals surface area contributed by atoms with E-state index in [2.05, 4.69) is 26.2 Å². The summed E-state index contributed by atoms with van der Waals surface area (Å²) in [6, 6.07) is 3.88. The average Bonchev–Trinajstić information content (AvgIpc) is 2.31. The minimum Gasteiger partial charge on any atom is -0.348 e. The van der Waals surface area contributed by atoms with E-state index in [1.807, 2.05) is 11.8 Å². The van der Waals surface area contributed by atoms with E-state index < -0.39 is 0 Å². The smallest absolute Gasteiger partial charge is 0.253 e. The van der Waals surface area contributed by atoms with Crippen LogP contribution in [-0.2, 0) is 0 Å². The van der Waals surface area contributed by atoms with E-state index in [0.717, 1.165) is 16.8 Å². The molecule has 0 bridgehead atoms. The Bertz CT molecular complexity index is 363. The number of pyridine rings is 1. The molecule has 1 fully saturated rings. The maximum atomic E-state index is 11.8. The first kappa shape index (κ1) is 11.9. The molecule has 0 aliphatic carbocycles. The van der Waals surface area contributed by atoms with Crippen molar-refractivity contribution in [2.45, 2.75) is 18.9 Å². The van der Waals surface area contributed by atoms with Crippen LogP contribution >= 0.6 is 27.7 Å². The second-order valence-corrected chi connectivity index (χ2v) is 5.72. The van der Waals surface area contributed by atoms with Gasteiger partial charge in [0.1, 0.15) is 4.60 Å². The average molecular weight is 301 g/mol. The van der Waals surface area contributed by atoms with Crippen LogP contribution in [-0.4, -0.2) is 28.4 Å². The van der Waals surface area contributed by atoms with Gasteiger partial charge in [0.05, 0.1) is 5.56 Å². The number of nitrogens with zero attached hydrogens (tertiary/aromatic N) is 1. The van der Waals surface area contributed by atoms with Crippen molar-refractivity contribution in [1.82, 2.24) is 10.3 Å². The zero-order chi connectivity index (χ0) is 11.4. The largest absolute Gasteiger partial charge is 0.348 e. The Kier molecular flexibility index (Phi) is 4.23. The summed E-state index contributed by atoms with van der Waals surface area (Å²) >= 11 is 5.15. The number of hydrogen-bond acceptors (Lipinski definition) is 3. The zero-order valence-corrected chi connectivity index (χ0v) is 11.2. The van der Waals surface area contributed by atoms with Gasteiger partial charge in [0.2, 0.25) is 0 Å². The maximum absolute atomic E-state index is 11.8. The number of carbonyl (C=O) groups is 1. The Balaban J connectivity index is 1.94. The van der Waals surface area contributed by atoms with E-state index >= 15 is 0 Å². The van der Waals surface area contributed by atoms with Gasteiger partial charge in [-0.15, -0.1) is 0 Å². The summed E-state index contributed by atoms with van der Waals surface area (Å²) in [6.07, 6.45) is 3.87. The third kappa shape index (κ3) is 3.22. The van der Waals surface area contributed by atoms with Crippen molar-refractivity contribution in [3.63, 3.8) is 0 Å². The lowest BCUT2D eigenvalue weighted by Crippen LogP contribution is -2.38. The highest BCUT2D eigenvalue weighted by molar-refractivity contribution is 9.10. The Labute approximate surface area is 108 Å². The molecule has 2 rings (SSSR count). The van der Waals surface area contributed by atoms with Crippen molar-refractivity contribution < 1.29 is 4.79 Å². The van der Waals surface area contributed by atoms with E-state index in [9.17, 15) is 4.79 Å². The van der Waals surface area contributed by atoms with Crippen LogP contribution in [0.2, 0.25) is 0 Å². The molecule has 3 nitrogen and oxygen atoms in total. The first-order chi connectivity index (χ1) is 7.75. The topological polar surface area (TPSA) is 42.0 Å². The predicted octanol–water partition coefficient (Wildman–Crippen LogP) is 2.47. The molecule has 5 heteroatoms. The maximum Gasteiger partial charge on any atom is 0.253 e. The molecule has 0 radical (unpaired) electrons. The van der Waals surface area contributed by atoms with Gasteiger partial charge < -0.3 is 5.32 Å². The van der Waals surface area contributed by atoms with Crippen LogP contribution in [0.25, 0.3) is 0 Å².